The van der Waals surface area contributed by atoms with Gasteiger partial charge in [-0.15, -0.1) is 0 Å². The minimum Gasteiger partial charge on any atom is -0.497 e. The Labute approximate surface area is 259 Å². The van der Waals surface area contributed by atoms with Crippen molar-refractivity contribution in [1.29, 1.82) is 0 Å². The molecule has 0 saturated heterocycles. The second-order valence-electron chi connectivity index (χ2n) is 12.4. The summed E-state index contributed by atoms with van der Waals surface area (Å²) in [5, 5.41) is 6.93. The Bertz CT molecular complexity index is 1570. The number of esters is 1. The van der Waals surface area contributed by atoms with Gasteiger partial charge in [-0.1, -0.05) is 12.8 Å². The second-order valence-corrected chi connectivity index (χ2v) is 12.4. The number of carbonyl (C=O) groups excluding carboxylic acids is 2. The molecule has 1 aliphatic carbocycles. The van der Waals surface area contributed by atoms with Gasteiger partial charge >= 0.3 is 12.5 Å². The monoisotopic (exact) mass is 629 g/mol. The quantitative estimate of drug-likeness (QED) is 0.259. The summed E-state index contributed by atoms with van der Waals surface area (Å²) in [6.45, 7) is 2.53. The molecule has 0 radical (unpaired) electrons. The SMILES string of the molecule is COc1ccc(CN2Cc3c(F)c(N[C@@H]4CCCC[C@@H]4CC(=O)OC(C)(C)C)nc(-c4cnn(C(F)F)c4)c3C2=O)c(OC)c1. The highest BCUT2D eigenvalue weighted by molar-refractivity contribution is 6.04. The number of benzene rings is 1. The summed E-state index contributed by atoms with van der Waals surface area (Å²) < 4.78 is 60.0. The van der Waals surface area contributed by atoms with Crippen molar-refractivity contribution < 1.29 is 37.0 Å². The lowest BCUT2D eigenvalue weighted by atomic mass is 9.82. The fourth-order valence-corrected chi connectivity index (χ4v) is 6.01. The van der Waals surface area contributed by atoms with Gasteiger partial charge in [0.25, 0.3) is 5.91 Å². The number of amides is 1. The predicted molar refractivity (Wildman–Crippen MR) is 160 cm³/mol. The average molecular weight is 630 g/mol. The standard InChI is InChI=1S/C32H38F3N5O5/c1-32(2,3)45-25(41)12-18-8-6-7-9-23(18)37-29-27(33)22-17-39(15-19-10-11-21(43-4)13-24(19)44-5)30(42)26(22)28(38-29)20-14-36-40(16-20)31(34)35/h10-11,13-14,16,18,23,31H,6-9,12,15,17H2,1-5H3,(H,37,38)/t18-,23-/m1/s1. The molecule has 0 spiro atoms. The molecule has 5 rings (SSSR count). The van der Waals surface area contributed by atoms with Gasteiger partial charge in [0.15, 0.2) is 11.6 Å². The van der Waals surface area contributed by atoms with Gasteiger partial charge in [0.1, 0.15) is 17.1 Å². The number of methoxy groups -OCH3 is 2. The van der Waals surface area contributed by atoms with Gasteiger partial charge in [-0.2, -0.15) is 13.9 Å². The van der Waals surface area contributed by atoms with Gasteiger partial charge in [0.05, 0.1) is 44.6 Å². The van der Waals surface area contributed by atoms with Crippen molar-refractivity contribution in [3.8, 4) is 22.8 Å². The number of anilines is 1. The van der Waals surface area contributed by atoms with Crippen molar-refractivity contribution in [1.82, 2.24) is 19.7 Å². The molecule has 1 N–H and O–H groups in total. The largest absolute Gasteiger partial charge is 0.497 e. The molecule has 10 nitrogen and oxygen atoms in total. The molecular weight excluding hydrogens is 591 g/mol. The molecule has 2 aromatic heterocycles. The number of hydrogen-bond donors (Lipinski definition) is 1. The second kappa shape index (κ2) is 13.0. The highest BCUT2D eigenvalue weighted by Gasteiger charge is 2.38. The van der Waals surface area contributed by atoms with Crippen LogP contribution in [0.25, 0.3) is 11.3 Å². The van der Waals surface area contributed by atoms with Crippen LogP contribution in [0.4, 0.5) is 19.0 Å². The number of alkyl halides is 2. The van der Waals surface area contributed by atoms with Gasteiger partial charge in [-0.05, 0) is 51.7 Å². The van der Waals surface area contributed by atoms with Crippen LogP contribution in [0.3, 0.4) is 0 Å². The van der Waals surface area contributed by atoms with Crippen LogP contribution >= 0.6 is 0 Å². The summed E-state index contributed by atoms with van der Waals surface area (Å²) in [6.07, 6.45) is 5.64. The van der Waals surface area contributed by atoms with E-state index in [1.54, 1.807) is 39.0 Å². The number of rotatable bonds is 10. The molecule has 3 heterocycles. The Morgan fingerprint density at radius 1 is 1.16 bits per heavy atom. The predicted octanol–water partition coefficient (Wildman–Crippen LogP) is 6.36. The highest BCUT2D eigenvalue weighted by atomic mass is 19.3. The lowest BCUT2D eigenvalue weighted by Gasteiger charge is -2.33. The van der Waals surface area contributed by atoms with E-state index in [1.165, 1.54) is 25.3 Å². The van der Waals surface area contributed by atoms with Gasteiger partial charge in [0.2, 0.25) is 0 Å². The van der Waals surface area contributed by atoms with Crippen LogP contribution in [-0.4, -0.2) is 57.4 Å². The molecule has 2 aliphatic rings. The number of ether oxygens (including phenoxy) is 3. The van der Waals surface area contributed by atoms with E-state index in [0.717, 1.165) is 25.5 Å². The van der Waals surface area contributed by atoms with Crippen molar-refractivity contribution in [2.24, 2.45) is 5.92 Å². The van der Waals surface area contributed by atoms with E-state index in [1.807, 2.05) is 0 Å². The van der Waals surface area contributed by atoms with Gasteiger partial charge in [-0.3, -0.25) is 9.59 Å². The maximum atomic E-state index is 16.3. The summed E-state index contributed by atoms with van der Waals surface area (Å²) in [7, 11) is 3.03. The van der Waals surface area contributed by atoms with Crippen LogP contribution in [0, 0.1) is 11.7 Å². The minimum atomic E-state index is -2.91. The summed E-state index contributed by atoms with van der Waals surface area (Å²) >= 11 is 0. The lowest BCUT2D eigenvalue weighted by Crippen LogP contribution is -2.36. The molecule has 3 aromatic rings. The number of nitrogens with one attached hydrogen (secondary N) is 1. The summed E-state index contributed by atoms with van der Waals surface area (Å²) in [4.78, 5) is 32.5. The van der Waals surface area contributed by atoms with E-state index >= 15 is 4.39 Å². The Kier molecular flexibility index (Phi) is 9.26. The van der Waals surface area contributed by atoms with Crippen LogP contribution in [0.5, 0.6) is 11.5 Å². The third kappa shape index (κ3) is 7.02. The molecule has 1 saturated carbocycles. The molecule has 1 fully saturated rings. The topological polar surface area (TPSA) is 108 Å². The zero-order chi connectivity index (χ0) is 32.5. The molecular formula is C32H38F3N5O5. The van der Waals surface area contributed by atoms with Crippen LogP contribution in [0.1, 0.15) is 80.9 Å². The number of pyridine rings is 1. The molecule has 1 amide bonds. The van der Waals surface area contributed by atoms with Crippen LogP contribution in [-0.2, 0) is 22.6 Å². The fraction of sp³-hybridized carbons (Fsp3) is 0.500. The third-order valence-corrected chi connectivity index (χ3v) is 8.10. The number of halogens is 3. The summed E-state index contributed by atoms with van der Waals surface area (Å²) in [6, 6.07) is 4.89. The molecule has 2 atom stereocenters. The van der Waals surface area contributed by atoms with Gasteiger partial charge in [-0.25, -0.2) is 14.1 Å². The van der Waals surface area contributed by atoms with E-state index in [2.05, 4.69) is 15.4 Å². The molecule has 45 heavy (non-hydrogen) atoms. The Morgan fingerprint density at radius 2 is 1.91 bits per heavy atom. The van der Waals surface area contributed by atoms with Gasteiger partial charge < -0.3 is 24.4 Å². The first-order chi connectivity index (χ1) is 21.4. The smallest absolute Gasteiger partial charge is 0.333 e. The van der Waals surface area contributed by atoms with Gasteiger partial charge in [0, 0.05) is 41.5 Å². The first-order valence-electron chi connectivity index (χ1n) is 14.9. The van der Waals surface area contributed by atoms with Crippen molar-refractivity contribution in [3.05, 3.63) is 53.1 Å². The number of fused-ring (bicyclic) bond motifs is 1. The highest BCUT2D eigenvalue weighted by Crippen LogP contribution is 2.39. The number of hydrogen-bond acceptors (Lipinski definition) is 8. The van der Waals surface area contributed by atoms with Crippen LogP contribution < -0.4 is 14.8 Å². The molecule has 1 aromatic carbocycles. The summed E-state index contributed by atoms with van der Waals surface area (Å²) in [5.74, 6) is -0.705. The lowest BCUT2D eigenvalue weighted by molar-refractivity contribution is -0.156. The first kappa shape index (κ1) is 32.1. The van der Waals surface area contributed by atoms with Crippen LogP contribution in [0.2, 0.25) is 0 Å². The average Bonchev–Trinajstić information content (AvgIpc) is 3.61. The molecule has 242 valence electrons. The molecule has 0 unspecified atom stereocenters. The molecule has 0 bridgehead atoms. The van der Waals surface area contributed by atoms with Crippen molar-refractivity contribution in [3.63, 3.8) is 0 Å². The zero-order valence-corrected chi connectivity index (χ0v) is 26.0. The molecule has 13 heteroatoms. The van der Waals surface area contributed by atoms with E-state index in [0.29, 0.717) is 28.2 Å². The maximum absolute atomic E-state index is 16.3. The van der Waals surface area contributed by atoms with E-state index < -0.39 is 23.9 Å². The van der Waals surface area contributed by atoms with E-state index in [4.69, 9.17) is 14.2 Å². The Morgan fingerprint density at radius 3 is 2.58 bits per heavy atom. The van der Waals surface area contributed by atoms with Crippen molar-refractivity contribution >= 4 is 17.7 Å². The minimum absolute atomic E-state index is 0.00621. The van der Waals surface area contributed by atoms with Crippen LogP contribution in [0.15, 0.2) is 30.6 Å². The summed E-state index contributed by atoms with van der Waals surface area (Å²) in [5.41, 5.74) is 0.340. The number of carbonyl (C=O) groups is 2. The van der Waals surface area contributed by atoms with Crippen molar-refractivity contribution in [2.45, 2.75) is 84.2 Å². The third-order valence-electron chi connectivity index (χ3n) is 8.10. The number of aromatic nitrogens is 3. The van der Waals surface area contributed by atoms with E-state index in [9.17, 15) is 18.4 Å². The Balaban J connectivity index is 1.50. The first-order valence-corrected chi connectivity index (χ1v) is 14.9. The fourth-order valence-electron chi connectivity index (χ4n) is 6.01. The van der Waals surface area contributed by atoms with Crippen molar-refractivity contribution in [2.75, 3.05) is 19.5 Å². The maximum Gasteiger partial charge on any atom is 0.333 e. The van der Waals surface area contributed by atoms with E-state index in [-0.39, 0.29) is 65.6 Å². The Hall–Kier alpha value is -4.29. The molecule has 1 aliphatic heterocycles. The zero-order valence-electron chi connectivity index (χ0n) is 26.0. The normalized spacial score (nSPS) is 18.2. The number of nitrogens with zero attached hydrogens (tertiary/aromatic N) is 4.